The summed E-state index contributed by atoms with van der Waals surface area (Å²) in [6, 6.07) is 0. The van der Waals surface area contributed by atoms with Gasteiger partial charge in [-0.05, 0) is 124 Å². The van der Waals surface area contributed by atoms with Gasteiger partial charge in [0, 0.05) is 18.3 Å². The summed E-state index contributed by atoms with van der Waals surface area (Å²) in [6.45, 7) is 0.387. The molecule has 3 heterocycles. The van der Waals surface area contributed by atoms with Gasteiger partial charge in [-0.3, -0.25) is 14.9 Å². The number of hydrogen-bond acceptors (Lipinski definition) is 14. The molecule has 0 radical (unpaired) electrons. The van der Waals surface area contributed by atoms with Crippen LogP contribution in [0.4, 0.5) is 0 Å². The number of ketones is 2. The highest BCUT2D eigenvalue weighted by atomic mass is 33.1. The van der Waals surface area contributed by atoms with Crippen LogP contribution in [-0.4, -0.2) is 116 Å². The fourth-order valence-electron chi connectivity index (χ4n) is 13.9. The SMILES string of the molecule is O=C1C2CCCC3O[C@@H]4O[C@H](CO)[C@@H](O)[C@](O)(C[C@]56CCC[C@H]5CCC5CNC(CC56)NCSSC[C@@]5(C(=O)C32)C(O)=CC(CC2CCCC(CO)C2)=C[C@@H]15)[C@H]4O. The third-order valence-electron chi connectivity index (χ3n) is 16.7. The first-order valence-corrected chi connectivity index (χ1v) is 24.5. The molecular formula is C43H64N2O10S2. The lowest BCUT2D eigenvalue weighted by Crippen LogP contribution is -2.70. The minimum absolute atomic E-state index is 0.00107. The van der Waals surface area contributed by atoms with E-state index < -0.39 is 66.1 Å². The molecule has 9 aliphatic rings. The van der Waals surface area contributed by atoms with Crippen molar-refractivity contribution >= 4 is 33.2 Å². The van der Waals surface area contributed by atoms with Crippen molar-refractivity contribution in [1.82, 2.24) is 10.6 Å². The van der Waals surface area contributed by atoms with Crippen LogP contribution in [0.1, 0.15) is 96.3 Å². The van der Waals surface area contributed by atoms with Crippen molar-refractivity contribution in [3.8, 4) is 0 Å². The van der Waals surface area contributed by atoms with E-state index in [9.17, 15) is 35.4 Å². The van der Waals surface area contributed by atoms with Crippen molar-refractivity contribution in [3.63, 3.8) is 0 Å². The van der Waals surface area contributed by atoms with E-state index in [0.29, 0.717) is 49.3 Å². The summed E-state index contributed by atoms with van der Waals surface area (Å²) in [7, 11) is 3.09. The van der Waals surface area contributed by atoms with Crippen molar-refractivity contribution in [1.29, 1.82) is 0 Å². The smallest absolute Gasteiger partial charge is 0.187 e. The highest BCUT2D eigenvalue weighted by Gasteiger charge is 2.66. The van der Waals surface area contributed by atoms with Crippen LogP contribution in [0.25, 0.3) is 0 Å². The molecule has 0 aromatic rings. The molecule has 17 atom stereocenters. The summed E-state index contributed by atoms with van der Waals surface area (Å²) in [5, 5.41) is 76.7. The van der Waals surface area contributed by atoms with Crippen molar-refractivity contribution in [2.45, 2.75) is 139 Å². The number of piperidine rings is 1. The molecule has 8 unspecified atom stereocenters. The van der Waals surface area contributed by atoms with Crippen molar-refractivity contribution in [3.05, 3.63) is 23.5 Å². The number of carbonyl (C=O) groups excluding carboxylic acids is 2. The Hall–Kier alpha value is -1.04. The molecule has 8 N–H and O–H groups in total. The van der Waals surface area contributed by atoms with Gasteiger partial charge >= 0.3 is 0 Å². The van der Waals surface area contributed by atoms with E-state index >= 15 is 4.79 Å². The number of aliphatic hydroxyl groups is 6. The predicted octanol–water partition coefficient (Wildman–Crippen LogP) is 3.75. The van der Waals surface area contributed by atoms with E-state index in [1.54, 1.807) is 16.9 Å². The number of allylic oxidation sites excluding steroid dienone is 4. The summed E-state index contributed by atoms with van der Waals surface area (Å²) >= 11 is 0. The molecule has 6 bridgehead atoms. The average molecular weight is 833 g/mol. The number of hydrogen-bond donors (Lipinski definition) is 8. The summed E-state index contributed by atoms with van der Waals surface area (Å²) in [6.07, 6.45) is 9.07. The van der Waals surface area contributed by atoms with E-state index in [4.69, 9.17) is 9.47 Å². The van der Waals surface area contributed by atoms with E-state index in [1.165, 1.54) is 10.8 Å². The molecule has 3 aliphatic heterocycles. The summed E-state index contributed by atoms with van der Waals surface area (Å²) in [5.41, 5.74) is -3.01. The van der Waals surface area contributed by atoms with Crippen LogP contribution < -0.4 is 10.6 Å². The Labute approximate surface area is 344 Å². The highest BCUT2D eigenvalue weighted by molar-refractivity contribution is 8.76. The number of ether oxygens (including phenoxy) is 2. The molecule has 5 saturated carbocycles. The van der Waals surface area contributed by atoms with Crippen molar-refractivity contribution in [2.24, 2.45) is 58.2 Å². The lowest BCUT2D eigenvalue weighted by Gasteiger charge is -2.59. The van der Waals surface area contributed by atoms with Crippen LogP contribution in [0.5, 0.6) is 0 Å². The van der Waals surface area contributed by atoms with Gasteiger partial charge in [0.05, 0.1) is 36.6 Å². The summed E-state index contributed by atoms with van der Waals surface area (Å²) in [4.78, 5) is 30.2. The lowest BCUT2D eigenvalue weighted by atomic mass is 9.51. The Morgan fingerprint density at radius 1 is 0.877 bits per heavy atom. The normalized spacial score (nSPS) is 50.4. The van der Waals surface area contributed by atoms with E-state index in [1.807, 2.05) is 6.08 Å². The van der Waals surface area contributed by atoms with E-state index in [-0.39, 0.29) is 59.5 Å². The summed E-state index contributed by atoms with van der Waals surface area (Å²) in [5.74, 6) is -0.473. The Morgan fingerprint density at radius 3 is 2.53 bits per heavy atom. The van der Waals surface area contributed by atoms with Gasteiger partial charge < -0.3 is 45.4 Å². The molecule has 12 nitrogen and oxygen atoms in total. The van der Waals surface area contributed by atoms with Crippen molar-refractivity contribution in [2.75, 3.05) is 31.4 Å². The first-order valence-electron chi connectivity index (χ1n) is 22.0. The van der Waals surface area contributed by atoms with Crippen LogP contribution in [0.3, 0.4) is 0 Å². The molecule has 6 aliphatic carbocycles. The van der Waals surface area contributed by atoms with Crippen LogP contribution in [0, 0.1) is 58.2 Å². The maximum Gasteiger partial charge on any atom is 0.187 e. The second-order valence-corrected chi connectivity index (χ2v) is 21.9. The van der Waals surface area contributed by atoms with Gasteiger partial charge in [0.2, 0.25) is 0 Å². The number of rotatable bonds is 4. The third kappa shape index (κ3) is 6.95. The number of carbonyl (C=O) groups is 2. The van der Waals surface area contributed by atoms with Crippen LogP contribution >= 0.6 is 21.6 Å². The minimum atomic E-state index is -2.06. The molecule has 14 heteroatoms. The highest BCUT2D eigenvalue weighted by Crippen LogP contribution is 2.63. The fraction of sp³-hybridized carbons (Fsp3) is 0.860. The van der Waals surface area contributed by atoms with Gasteiger partial charge in [0.15, 0.2) is 12.1 Å². The monoisotopic (exact) mass is 832 g/mol. The van der Waals surface area contributed by atoms with Gasteiger partial charge in [-0.15, -0.1) is 0 Å². The molecule has 8 fully saturated rings. The van der Waals surface area contributed by atoms with Crippen LogP contribution in [0.2, 0.25) is 0 Å². The van der Waals surface area contributed by atoms with E-state index in [0.717, 1.165) is 76.3 Å². The van der Waals surface area contributed by atoms with Gasteiger partial charge in [-0.2, -0.15) is 0 Å². The average Bonchev–Trinajstić information content (AvgIpc) is 3.64. The second kappa shape index (κ2) is 16.3. The molecule has 9 rings (SSSR count). The number of aliphatic hydroxyl groups excluding tert-OH is 5. The zero-order valence-corrected chi connectivity index (χ0v) is 34.6. The first kappa shape index (κ1) is 41.3. The number of nitrogens with one attached hydrogen (secondary N) is 2. The molecule has 0 aromatic heterocycles. The maximum atomic E-state index is 15.3. The standard InChI is InChI=1S/C43H64N2O10S2/c46-18-24-5-1-4-23(12-24)13-25-14-30-36(49)28-7-2-8-31-35(28)38(51)42(30,33(48)15-25)21-56-57-22-45-34-16-29-26(17-44-34)9-10-27-6-3-11-41(27,29)20-43(53)37(50)32(19-47)55-40(54-31)39(43)52/h14-15,23-24,26-32,34-35,37,39-40,44-48,50,52-53H,1-13,16-22H2/t23?,24?,26?,27-,28?,29?,30-,31?,32+,34?,35?,37+,39-,40+,41+,42-,43+/m0/s1. The maximum absolute atomic E-state index is 15.3. The minimum Gasteiger partial charge on any atom is -0.511 e. The van der Waals surface area contributed by atoms with Crippen LogP contribution in [0.15, 0.2) is 23.5 Å². The lowest BCUT2D eigenvalue weighted by molar-refractivity contribution is -0.351. The molecule has 2 spiro atoms. The Bertz CT molecular complexity index is 1600. The second-order valence-electron chi connectivity index (χ2n) is 19.5. The first-order chi connectivity index (χ1) is 27.5. The Morgan fingerprint density at radius 2 is 1.70 bits per heavy atom. The topological polar surface area (TPSA) is 198 Å². The van der Waals surface area contributed by atoms with Gasteiger partial charge in [-0.1, -0.05) is 53.3 Å². The zero-order chi connectivity index (χ0) is 39.7. The van der Waals surface area contributed by atoms with Crippen LogP contribution in [-0.2, 0) is 19.1 Å². The molecule has 3 saturated heterocycles. The van der Waals surface area contributed by atoms with E-state index in [2.05, 4.69) is 10.6 Å². The zero-order valence-electron chi connectivity index (χ0n) is 33.0. The van der Waals surface area contributed by atoms with Crippen molar-refractivity contribution < 1.29 is 49.7 Å². The molecule has 57 heavy (non-hydrogen) atoms. The molecular weight excluding hydrogens is 769 g/mol. The molecule has 318 valence electrons. The van der Waals surface area contributed by atoms with Gasteiger partial charge in [-0.25, -0.2) is 0 Å². The third-order valence-corrected chi connectivity index (χ3v) is 19.0. The van der Waals surface area contributed by atoms with Gasteiger partial charge in [0.1, 0.15) is 40.9 Å². The predicted molar refractivity (Wildman–Crippen MR) is 215 cm³/mol. The largest absolute Gasteiger partial charge is 0.511 e. The van der Waals surface area contributed by atoms with Gasteiger partial charge in [0.25, 0.3) is 0 Å². The quantitative estimate of drug-likeness (QED) is 0.191. The fourth-order valence-corrected chi connectivity index (χ4v) is 16.3. The Balaban J connectivity index is 1.07. The number of Topliss-reactive ketones (excluding diaryl/α,β-unsaturated/α-hetero) is 2. The number of fused-ring (bicyclic) bond motifs is 3. The summed E-state index contributed by atoms with van der Waals surface area (Å²) < 4.78 is 12.8. The molecule has 0 aromatic carbocycles. The Kier molecular flexibility index (Phi) is 11.8. The molecule has 0 amide bonds.